The van der Waals surface area contributed by atoms with E-state index in [9.17, 15) is 4.79 Å². The van der Waals surface area contributed by atoms with E-state index < -0.39 is 12.3 Å². The van der Waals surface area contributed by atoms with Gasteiger partial charge in [0.05, 0.1) is 19.3 Å². The molecular formula is C27H44FIO5. The molecule has 9 atom stereocenters. The highest BCUT2D eigenvalue weighted by Crippen LogP contribution is 2.50. The summed E-state index contributed by atoms with van der Waals surface area (Å²) in [6.45, 7) is 5.20. The van der Waals surface area contributed by atoms with E-state index in [4.69, 9.17) is 18.9 Å². The van der Waals surface area contributed by atoms with Gasteiger partial charge in [-0.25, -0.2) is 4.39 Å². The number of unbranched alkanes of at least 4 members (excludes halogenated alkanes) is 2. The minimum Gasteiger partial charge on any atom is -0.469 e. The molecule has 2 saturated heterocycles. The molecule has 0 bridgehead atoms. The summed E-state index contributed by atoms with van der Waals surface area (Å²) in [7, 11) is 1.40. The largest absolute Gasteiger partial charge is 0.469 e. The maximum Gasteiger partial charge on any atom is 0.305 e. The Morgan fingerprint density at radius 3 is 2.76 bits per heavy atom. The van der Waals surface area contributed by atoms with Crippen molar-refractivity contribution >= 4 is 28.6 Å². The molecule has 0 aromatic carbocycles. The maximum atomic E-state index is 15.7. The number of methoxy groups -OCH3 is 1. The Hall–Kier alpha value is -0.250. The second-order valence-electron chi connectivity index (χ2n) is 10.3. The topological polar surface area (TPSA) is 54.0 Å². The molecule has 196 valence electrons. The minimum absolute atomic E-state index is 0.0210. The van der Waals surface area contributed by atoms with E-state index in [0.717, 1.165) is 51.6 Å². The Labute approximate surface area is 219 Å². The number of ether oxygens (including phenoxy) is 4. The van der Waals surface area contributed by atoms with Gasteiger partial charge < -0.3 is 18.9 Å². The molecule has 2 heterocycles. The van der Waals surface area contributed by atoms with E-state index in [1.54, 1.807) is 0 Å². The number of hydrogen-bond acceptors (Lipinski definition) is 5. The summed E-state index contributed by atoms with van der Waals surface area (Å²) < 4.78 is 38.9. The fraction of sp³-hybridized carbons (Fsp3) is 0.889. The van der Waals surface area contributed by atoms with Gasteiger partial charge in [-0.2, -0.15) is 0 Å². The molecule has 0 amide bonds. The van der Waals surface area contributed by atoms with Gasteiger partial charge in [-0.15, -0.1) is 0 Å². The molecule has 1 saturated carbocycles. The number of allylic oxidation sites excluding steroid dienone is 1. The summed E-state index contributed by atoms with van der Waals surface area (Å²) >= 11 is 2.30. The van der Waals surface area contributed by atoms with Crippen LogP contribution in [-0.2, 0) is 23.7 Å². The molecule has 1 aliphatic carbocycles. The van der Waals surface area contributed by atoms with Crippen LogP contribution in [0.5, 0.6) is 0 Å². The van der Waals surface area contributed by atoms with Gasteiger partial charge in [0.1, 0.15) is 12.3 Å². The highest BCUT2D eigenvalue weighted by molar-refractivity contribution is 14.1. The zero-order chi connectivity index (χ0) is 24.5. The van der Waals surface area contributed by atoms with E-state index in [2.05, 4.69) is 48.6 Å². The first kappa shape index (κ1) is 28.3. The quantitative estimate of drug-likeness (QED) is 0.0795. The van der Waals surface area contributed by atoms with Gasteiger partial charge >= 0.3 is 5.97 Å². The van der Waals surface area contributed by atoms with Crippen molar-refractivity contribution in [1.82, 2.24) is 0 Å². The summed E-state index contributed by atoms with van der Waals surface area (Å²) in [4.78, 5) is 11.4. The number of carbonyl (C=O) groups excluding carboxylic acids is 1. The molecule has 2 aliphatic heterocycles. The first-order valence-corrected chi connectivity index (χ1v) is 14.6. The predicted molar refractivity (Wildman–Crippen MR) is 140 cm³/mol. The Kier molecular flexibility index (Phi) is 12.1. The van der Waals surface area contributed by atoms with Gasteiger partial charge in [-0.3, -0.25) is 4.79 Å². The Morgan fingerprint density at radius 1 is 1.24 bits per heavy atom. The van der Waals surface area contributed by atoms with Gasteiger partial charge in [0.2, 0.25) is 0 Å². The molecule has 2 unspecified atom stereocenters. The Morgan fingerprint density at radius 2 is 2.06 bits per heavy atom. The normalized spacial score (nSPS) is 35.4. The van der Waals surface area contributed by atoms with Crippen LogP contribution in [-0.4, -0.2) is 54.4 Å². The van der Waals surface area contributed by atoms with Crippen LogP contribution in [0.3, 0.4) is 0 Å². The lowest BCUT2D eigenvalue weighted by atomic mass is 9.84. The first-order valence-electron chi connectivity index (χ1n) is 13.4. The summed E-state index contributed by atoms with van der Waals surface area (Å²) in [6.07, 6.45) is 13.3. The lowest BCUT2D eigenvalue weighted by Crippen LogP contribution is -2.33. The monoisotopic (exact) mass is 594 g/mol. The average Bonchev–Trinajstić information content (AvgIpc) is 3.32. The van der Waals surface area contributed by atoms with E-state index in [1.165, 1.54) is 20.0 Å². The highest BCUT2D eigenvalue weighted by atomic mass is 127. The van der Waals surface area contributed by atoms with Crippen molar-refractivity contribution < 1.29 is 28.1 Å². The number of hydrogen-bond donors (Lipinski definition) is 0. The fourth-order valence-corrected chi connectivity index (χ4v) is 6.76. The van der Waals surface area contributed by atoms with Gasteiger partial charge in [-0.1, -0.05) is 67.9 Å². The Balaban J connectivity index is 1.59. The third-order valence-electron chi connectivity index (χ3n) is 7.70. The summed E-state index contributed by atoms with van der Waals surface area (Å²) in [5, 5.41) is 0. The van der Waals surface area contributed by atoms with Gasteiger partial charge in [0, 0.05) is 22.9 Å². The van der Waals surface area contributed by atoms with Crippen LogP contribution in [0.15, 0.2) is 12.2 Å². The van der Waals surface area contributed by atoms with Crippen molar-refractivity contribution in [2.24, 2.45) is 17.8 Å². The van der Waals surface area contributed by atoms with Crippen molar-refractivity contribution in [2.45, 2.75) is 119 Å². The Bertz CT molecular complexity index is 641. The number of fused-ring (bicyclic) bond motifs is 1. The molecule has 0 radical (unpaired) electrons. The zero-order valence-corrected chi connectivity index (χ0v) is 23.3. The maximum absolute atomic E-state index is 15.7. The number of rotatable bonds is 13. The van der Waals surface area contributed by atoms with E-state index in [0.29, 0.717) is 18.8 Å². The lowest BCUT2D eigenvalue weighted by Gasteiger charge is -2.27. The van der Waals surface area contributed by atoms with Crippen molar-refractivity contribution in [3.63, 3.8) is 0 Å². The molecule has 0 spiro atoms. The van der Waals surface area contributed by atoms with Crippen molar-refractivity contribution in [1.29, 1.82) is 0 Å². The molecule has 5 nitrogen and oxygen atoms in total. The van der Waals surface area contributed by atoms with Crippen LogP contribution in [0, 0.1) is 17.8 Å². The van der Waals surface area contributed by atoms with E-state index in [1.807, 2.05) is 0 Å². The summed E-state index contributed by atoms with van der Waals surface area (Å²) in [5.74, 6) is 0.238. The third-order valence-corrected chi connectivity index (χ3v) is 9.03. The van der Waals surface area contributed by atoms with Crippen LogP contribution < -0.4 is 0 Å². The lowest BCUT2D eigenvalue weighted by molar-refractivity contribution is -0.179. The SMILES string of the molecule is CCCCC[C@@H](C=C[C@@H]1[C@H]2[C@H](F)[C@H](C(I)CCCC(=O)OC)O[C@@H]2C[C@H]1C)OC1CCCCO1. The summed E-state index contributed by atoms with van der Waals surface area (Å²) in [6, 6.07) is 0. The van der Waals surface area contributed by atoms with Crippen LogP contribution in [0.2, 0.25) is 0 Å². The molecule has 3 rings (SSSR count). The van der Waals surface area contributed by atoms with Crippen LogP contribution in [0.25, 0.3) is 0 Å². The van der Waals surface area contributed by atoms with Gasteiger partial charge in [0.25, 0.3) is 0 Å². The van der Waals surface area contributed by atoms with Crippen molar-refractivity contribution in [3.8, 4) is 0 Å². The summed E-state index contributed by atoms with van der Waals surface area (Å²) in [5.41, 5.74) is 0. The smallest absolute Gasteiger partial charge is 0.305 e. The van der Waals surface area contributed by atoms with Crippen molar-refractivity contribution in [3.05, 3.63) is 12.2 Å². The molecule has 0 N–H and O–H groups in total. The highest BCUT2D eigenvalue weighted by Gasteiger charge is 2.55. The van der Waals surface area contributed by atoms with Gasteiger partial charge in [0.15, 0.2) is 6.29 Å². The second kappa shape index (κ2) is 14.5. The molecule has 34 heavy (non-hydrogen) atoms. The average molecular weight is 595 g/mol. The fourth-order valence-electron chi connectivity index (χ4n) is 5.75. The van der Waals surface area contributed by atoms with Gasteiger partial charge in [-0.05, 0) is 56.8 Å². The van der Waals surface area contributed by atoms with E-state index in [-0.39, 0.29) is 40.2 Å². The standard InChI is InChI=1S/C27H44FIO5/c1-4-5-6-10-19(33-24-13-7-8-16-32-24)14-15-20-18(2)17-22-25(20)26(28)27(34-22)21(29)11-9-12-23(30)31-3/h14-15,18-22,24-27H,4-13,16-17H2,1-3H3/t18-,19+,20+,21?,22-,24?,25-,26+,27+/m1/s1. The van der Waals surface area contributed by atoms with Crippen LogP contribution in [0.1, 0.15) is 84.5 Å². The second-order valence-corrected chi connectivity index (χ2v) is 11.9. The predicted octanol–water partition coefficient (Wildman–Crippen LogP) is 6.56. The third kappa shape index (κ3) is 7.87. The number of halogens is 2. The molecule has 3 aliphatic rings. The van der Waals surface area contributed by atoms with Crippen LogP contribution >= 0.6 is 22.6 Å². The molecule has 0 aromatic heterocycles. The zero-order valence-electron chi connectivity index (χ0n) is 21.1. The minimum atomic E-state index is -0.981. The molecule has 7 heteroatoms. The molecule has 0 aromatic rings. The van der Waals surface area contributed by atoms with Crippen LogP contribution in [0.4, 0.5) is 4.39 Å². The van der Waals surface area contributed by atoms with E-state index >= 15 is 4.39 Å². The number of alkyl halides is 2. The first-order chi connectivity index (χ1) is 16.4. The number of esters is 1. The van der Waals surface area contributed by atoms with Crippen molar-refractivity contribution in [2.75, 3.05) is 13.7 Å². The molecule has 3 fully saturated rings. The molecular weight excluding hydrogens is 550 g/mol. The number of carbonyl (C=O) groups is 1.